The van der Waals surface area contributed by atoms with Crippen LogP contribution in [-0.2, 0) is 4.74 Å². The molecule has 0 saturated heterocycles. The molecule has 2 bridgehead atoms. The lowest BCUT2D eigenvalue weighted by atomic mass is 9.92. The Morgan fingerprint density at radius 1 is 1.26 bits per heavy atom. The molecule has 0 aliphatic carbocycles. The Kier molecular flexibility index (Phi) is 2.06. The van der Waals surface area contributed by atoms with Crippen LogP contribution in [0, 0.1) is 0 Å². The monoisotopic (exact) mass is 254 g/mol. The van der Waals surface area contributed by atoms with Gasteiger partial charge in [-0.15, -0.1) is 0 Å². The molecule has 0 N–H and O–H groups in total. The zero-order valence-electron chi connectivity index (χ0n) is 11.6. The Hall–Kier alpha value is -1.61. The Balaban J connectivity index is 1.86. The molecule has 3 aliphatic rings. The van der Waals surface area contributed by atoms with E-state index in [0.717, 1.165) is 5.90 Å². The lowest BCUT2D eigenvalue weighted by Crippen LogP contribution is -2.17. The van der Waals surface area contributed by atoms with Gasteiger partial charge in [-0.05, 0) is 38.1 Å². The maximum absolute atomic E-state index is 5.83. The zero-order chi connectivity index (χ0) is 13.2. The molecule has 98 valence electrons. The summed E-state index contributed by atoms with van der Waals surface area (Å²) in [5.41, 5.74) is 3.86. The Morgan fingerprint density at radius 2 is 2.05 bits per heavy atom. The van der Waals surface area contributed by atoms with Crippen molar-refractivity contribution in [1.82, 2.24) is 4.90 Å². The van der Waals surface area contributed by atoms with Crippen LogP contribution in [0.3, 0.4) is 0 Å². The van der Waals surface area contributed by atoms with Gasteiger partial charge in [0.1, 0.15) is 6.61 Å². The SMILES string of the molecule is CN1C2C=CC1c1c(C3=NC(C)(C)CO3)cccc12. The molecule has 0 radical (unpaired) electrons. The molecule has 4 rings (SSSR count). The van der Waals surface area contributed by atoms with Gasteiger partial charge in [0.25, 0.3) is 0 Å². The van der Waals surface area contributed by atoms with Crippen LogP contribution in [0.4, 0.5) is 0 Å². The molecular formula is C16H18N2O. The smallest absolute Gasteiger partial charge is 0.217 e. The van der Waals surface area contributed by atoms with Crippen molar-refractivity contribution in [3.8, 4) is 0 Å². The number of ether oxygens (including phenoxy) is 1. The Morgan fingerprint density at radius 3 is 2.79 bits per heavy atom. The van der Waals surface area contributed by atoms with Gasteiger partial charge in [0.2, 0.25) is 5.90 Å². The summed E-state index contributed by atoms with van der Waals surface area (Å²) in [5.74, 6) is 0.816. The molecule has 0 aromatic heterocycles. The largest absolute Gasteiger partial charge is 0.475 e. The fourth-order valence-corrected chi connectivity index (χ4v) is 3.36. The minimum absolute atomic E-state index is 0.0998. The lowest BCUT2D eigenvalue weighted by molar-refractivity contribution is 0.278. The molecule has 0 saturated carbocycles. The van der Waals surface area contributed by atoms with Gasteiger partial charge < -0.3 is 4.74 Å². The molecule has 3 heterocycles. The first kappa shape index (κ1) is 11.2. The highest BCUT2D eigenvalue weighted by Gasteiger charge is 2.40. The summed E-state index contributed by atoms with van der Waals surface area (Å²) in [6, 6.07) is 7.29. The van der Waals surface area contributed by atoms with Crippen LogP contribution in [0.15, 0.2) is 35.3 Å². The van der Waals surface area contributed by atoms with Crippen molar-refractivity contribution < 1.29 is 4.74 Å². The predicted molar refractivity (Wildman–Crippen MR) is 75.4 cm³/mol. The number of aliphatic imine (C=N–C) groups is 1. The van der Waals surface area contributed by atoms with E-state index in [2.05, 4.69) is 56.1 Å². The van der Waals surface area contributed by atoms with Gasteiger partial charge in [0.15, 0.2) is 0 Å². The molecule has 19 heavy (non-hydrogen) atoms. The molecular weight excluding hydrogens is 236 g/mol. The number of likely N-dealkylation sites (N-methyl/N-ethyl adjacent to an activating group) is 1. The van der Waals surface area contributed by atoms with Crippen molar-refractivity contribution in [2.45, 2.75) is 31.5 Å². The summed E-state index contributed by atoms with van der Waals surface area (Å²) in [7, 11) is 2.18. The highest BCUT2D eigenvalue weighted by molar-refractivity contribution is 5.98. The third-order valence-corrected chi connectivity index (χ3v) is 4.30. The first-order valence-corrected chi connectivity index (χ1v) is 6.83. The highest BCUT2D eigenvalue weighted by Crippen LogP contribution is 2.48. The number of hydrogen-bond acceptors (Lipinski definition) is 3. The average molecular weight is 254 g/mol. The molecule has 2 atom stereocenters. The summed E-state index contributed by atoms with van der Waals surface area (Å²) in [6.07, 6.45) is 4.58. The van der Waals surface area contributed by atoms with Crippen molar-refractivity contribution in [3.05, 3.63) is 47.0 Å². The maximum Gasteiger partial charge on any atom is 0.217 e. The van der Waals surface area contributed by atoms with Gasteiger partial charge in [0, 0.05) is 5.56 Å². The third kappa shape index (κ3) is 1.45. The molecule has 0 fully saturated rings. The van der Waals surface area contributed by atoms with Crippen molar-refractivity contribution in [3.63, 3.8) is 0 Å². The van der Waals surface area contributed by atoms with Crippen molar-refractivity contribution in [1.29, 1.82) is 0 Å². The van der Waals surface area contributed by atoms with E-state index in [1.165, 1.54) is 16.7 Å². The highest BCUT2D eigenvalue weighted by atomic mass is 16.5. The van der Waals surface area contributed by atoms with Gasteiger partial charge in [-0.2, -0.15) is 0 Å². The standard InChI is InChI=1S/C16H18N2O/c1-16(2)9-19-15(17-16)11-6-4-5-10-12-7-8-13(14(10)11)18(12)3/h4-8,12-13H,9H2,1-3H3. The van der Waals surface area contributed by atoms with Gasteiger partial charge in [-0.25, -0.2) is 4.99 Å². The van der Waals surface area contributed by atoms with E-state index in [1.54, 1.807) is 0 Å². The fourth-order valence-electron chi connectivity index (χ4n) is 3.36. The molecule has 2 unspecified atom stereocenters. The first-order chi connectivity index (χ1) is 9.07. The van der Waals surface area contributed by atoms with Crippen LogP contribution in [0.25, 0.3) is 0 Å². The molecule has 1 aromatic carbocycles. The predicted octanol–water partition coefficient (Wildman–Crippen LogP) is 2.84. The van der Waals surface area contributed by atoms with Crippen molar-refractivity contribution in [2.75, 3.05) is 13.7 Å². The molecule has 3 heteroatoms. The zero-order valence-corrected chi connectivity index (χ0v) is 11.6. The van der Waals surface area contributed by atoms with Crippen LogP contribution in [0.5, 0.6) is 0 Å². The second-order valence-corrected chi connectivity index (χ2v) is 6.27. The molecule has 1 aromatic rings. The van der Waals surface area contributed by atoms with Crippen molar-refractivity contribution in [2.24, 2.45) is 4.99 Å². The van der Waals surface area contributed by atoms with Crippen LogP contribution in [0.1, 0.15) is 42.6 Å². The van der Waals surface area contributed by atoms with Crippen LogP contribution >= 0.6 is 0 Å². The van der Waals surface area contributed by atoms with Crippen LogP contribution in [-0.4, -0.2) is 30.0 Å². The Labute approximate surface area is 113 Å². The molecule has 0 amide bonds. The van der Waals surface area contributed by atoms with Gasteiger partial charge >= 0.3 is 0 Å². The van der Waals surface area contributed by atoms with E-state index in [-0.39, 0.29) is 5.54 Å². The van der Waals surface area contributed by atoms with Gasteiger partial charge in [0.05, 0.1) is 17.6 Å². The summed E-state index contributed by atoms with van der Waals surface area (Å²) in [6.45, 7) is 4.90. The third-order valence-electron chi connectivity index (χ3n) is 4.30. The number of benzene rings is 1. The summed E-state index contributed by atoms with van der Waals surface area (Å²) in [5, 5.41) is 0. The van der Waals surface area contributed by atoms with Crippen molar-refractivity contribution >= 4 is 5.90 Å². The summed E-state index contributed by atoms with van der Waals surface area (Å²) in [4.78, 5) is 7.13. The second kappa shape index (κ2) is 3.48. The lowest BCUT2D eigenvalue weighted by Gasteiger charge is -2.15. The van der Waals surface area contributed by atoms with E-state index < -0.39 is 0 Å². The molecule has 3 aliphatic heterocycles. The van der Waals surface area contributed by atoms with E-state index in [0.29, 0.717) is 18.7 Å². The quantitative estimate of drug-likeness (QED) is 0.720. The van der Waals surface area contributed by atoms with E-state index in [4.69, 9.17) is 9.73 Å². The number of rotatable bonds is 1. The minimum atomic E-state index is -0.0998. The second-order valence-electron chi connectivity index (χ2n) is 6.27. The number of nitrogens with zero attached hydrogens (tertiary/aromatic N) is 2. The number of hydrogen-bond donors (Lipinski definition) is 0. The Bertz CT molecular complexity index is 615. The maximum atomic E-state index is 5.83. The minimum Gasteiger partial charge on any atom is -0.475 e. The molecule has 3 nitrogen and oxygen atoms in total. The van der Waals surface area contributed by atoms with Crippen LogP contribution in [0.2, 0.25) is 0 Å². The normalized spacial score (nSPS) is 30.4. The number of fused-ring (bicyclic) bond motifs is 5. The van der Waals surface area contributed by atoms with Crippen LogP contribution < -0.4 is 0 Å². The summed E-state index contributed by atoms with van der Waals surface area (Å²) >= 11 is 0. The van der Waals surface area contributed by atoms with E-state index in [9.17, 15) is 0 Å². The molecule has 0 spiro atoms. The summed E-state index contributed by atoms with van der Waals surface area (Å²) < 4.78 is 5.83. The van der Waals surface area contributed by atoms with E-state index in [1.807, 2.05) is 0 Å². The fraction of sp³-hybridized carbons (Fsp3) is 0.438. The van der Waals surface area contributed by atoms with E-state index >= 15 is 0 Å². The topological polar surface area (TPSA) is 24.8 Å². The van der Waals surface area contributed by atoms with Gasteiger partial charge in [-0.3, -0.25) is 4.90 Å². The average Bonchev–Trinajstić information content (AvgIpc) is 3.01. The first-order valence-electron chi connectivity index (χ1n) is 6.83. The van der Waals surface area contributed by atoms with Gasteiger partial charge in [-0.1, -0.05) is 24.3 Å².